The molecule has 231 valence electrons. The number of hydrogen-bond donors (Lipinski definition) is 2. The molecule has 45 heavy (non-hydrogen) atoms. The molecule has 4 heterocycles. The summed E-state index contributed by atoms with van der Waals surface area (Å²) in [5, 5.41) is 42.9. The van der Waals surface area contributed by atoms with Gasteiger partial charge in [0.2, 0.25) is 6.41 Å². The summed E-state index contributed by atoms with van der Waals surface area (Å²) in [6, 6.07) is 20.3. The maximum absolute atomic E-state index is 11.7. The van der Waals surface area contributed by atoms with E-state index in [0.29, 0.717) is 22.5 Å². The molecule has 0 bridgehead atoms. The number of nitrogens with zero attached hydrogens (tertiary/aromatic N) is 5. The van der Waals surface area contributed by atoms with Crippen LogP contribution in [0.2, 0.25) is 0 Å². The Morgan fingerprint density at radius 3 is 1.42 bits per heavy atom. The maximum atomic E-state index is 11.7. The molecule has 0 aliphatic carbocycles. The van der Waals surface area contributed by atoms with Gasteiger partial charge >= 0.3 is 17.1 Å². The minimum absolute atomic E-state index is 0. The van der Waals surface area contributed by atoms with Gasteiger partial charge in [-0.1, -0.05) is 36.4 Å². The normalized spacial score (nSPS) is 14.7. The van der Waals surface area contributed by atoms with Crippen molar-refractivity contribution in [3.63, 3.8) is 0 Å². The summed E-state index contributed by atoms with van der Waals surface area (Å²) in [7, 11) is 3.38. The van der Waals surface area contributed by atoms with Crippen molar-refractivity contribution in [3.05, 3.63) is 108 Å². The number of carbonyl (C=O) groups excluding carboxylic acids is 3. The molecule has 3 amide bonds. The van der Waals surface area contributed by atoms with Crippen LogP contribution in [0.3, 0.4) is 0 Å². The molecule has 0 saturated carbocycles. The molecule has 0 fully saturated rings. The number of amides is 3. The minimum Gasteiger partial charge on any atom is -0.855 e. The third kappa shape index (κ3) is 9.08. The van der Waals surface area contributed by atoms with Crippen molar-refractivity contribution >= 4 is 52.8 Å². The first kappa shape index (κ1) is 35.4. The summed E-state index contributed by atoms with van der Waals surface area (Å²) >= 11 is 0. The molecule has 2 aliphatic rings. The fraction of sp³-hybridized carbons (Fsp3) is 0.0690. The van der Waals surface area contributed by atoms with E-state index in [4.69, 9.17) is 8.83 Å². The summed E-state index contributed by atoms with van der Waals surface area (Å²) in [5.74, 6) is -1.86. The van der Waals surface area contributed by atoms with Gasteiger partial charge in [-0.3, -0.25) is 14.4 Å². The number of rotatable bonds is 5. The summed E-state index contributed by atoms with van der Waals surface area (Å²) in [5.41, 5.74) is 2.82. The minimum atomic E-state index is -0.630. The van der Waals surface area contributed by atoms with Gasteiger partial charge in [0.15, 0.2) is 11.4 Å². The van der Waals surface area contributed by atoms with Gasteiger partial charge in [-0.05, 0) is 36.4 Å². The second-order valence-electron chi connectivity index (χ2n) is 8.73. The van der Waals surface area contributed by atoms with E-state index >= 15 is 0 Å². The van der Waals surface area contributed by atoms with Gasteiger partial charge in [0.05, 0.1) is 35.7 Å². The molecular formula is C29H25MnN7O8. The number of benzene rings is 2. The van der Waals surface area contributed by atoms with Crippen molar-refractivity contribution in [3.8, 4) is 0 Å². The number of fused-ring (bicyclic) bond motifs is 2. The monoisotopic (exact) mass is 654 g/mol. The number of para-hydroxylation sites is 2. The second-order valence-corrected chi connectivity index (χ2v) is 8.73. The Morgan fingerprint density at radius 2 is 1.09 bits per heavy atom. The summed E-state index contributed by atoms with van der Waals surface area (Å²) in [6.07, 6.45) is 3.49. The Bertz CT molecular complexity index is 1610. The van der Waals surface area contributed by atoms with Crippen molar-refractivity contribution in [1.29, 1.82) is 0 Å². The van der Waals surface area contributed by atoms with E-state index in [1.165, 1.54) is 29.6 Å². The first-order valence-electron chi connectivity index (χ1n) is 12.4. The number of furan rings is 2. The van der Waals surface area contributed by atoms with Crippen molar-refractivity contribution in [2.75, 3.05) is 24.7 Å². The van der Waals surface area contributed by atoms with Crippen LogP contribution in [-0.2, 0) is 31.5 Å². The molecule has 2 aromatic heterocycles. The molecule has 0 saturated heterocycles. The maximum Gasteiger partial charge on any atom is 2.00 e. The van der Waals surface area contributed by atoms with Gasteiger partial charge < -0.3 is 40.1 Å². The molecule has 15 nitrogen and oxygen atoms in total. The largest absolute Gasteiger partial charge is 2.00 e. The summed E-state index contributed by atoms with van der Waals surface area (Å²) in [4.78, 5) is 34.3. The Labute approximate surface area is 266 Å². The molecule has 0 atom stereocenters. The van der Waals surface area contributed by atoms with Crippen LogP contribution >= 0.6 is 0 Å². The number of carbonyl (C=O) groups is 3. The van der Waals surface area contributed by atoms with Crippen LogP contribution < -0.4 is 20.8 Å². The van der Waals surface area contributed by atoms with Gasteiger partial charge in [0.1, 0.15) is 11.5 Å². The Hall–Kier alpha value is -5.83. The summed E-state index contributed by atoms with van der Waals surface area (Å²) < 4.78 is 9.79. The average Bonchev–Trinajstić information content (AvgIpc) is 3.82. The Kier molecular flexibility index (Phi) is 13.1. The predicted molar refractivity (Wildman–Crippen MR) is 157 cm³/mol. The zero-order valence-electron chi connectivity index (χ0n) is 23.6. The molecule has 0 unspecified atom stereocenters. The standard InChI is InChI=1S/2C13H9N3O3.C3H7NO.Mn.H2O/c2*17-12(10-6-3-7-19-10)16-15-11-8-4-1-2-5-9(8)14-13(11)18;1-4(2)3-5;;/h2*1-7H,(H,16,17)(H,14,15,18);3H,1-2H3;;1H2/q;;;+2;/p-2. The van der Waals surface area contributed by atoms with Crippen molar-refractivity contribution in [2.24, 2.45) is 20.4 Å². The zero-order valence-corrected chi connectivity index (χ0v) is 24.8. The Balaban J connectivity index is 0.000000263. The van der Waals surface area contributed by atoms with E-state index in [1.54, 1.807) is 74.8 Å². The average molecular weight is 654 g/mol. The molecule has 16 heteroatoms. The quantitative estimate of drug-likeness (QED) is 0.101. The van der Waals surface area contributed by atoms with Crippen LogP contribution in [0.4, 0.5) is 11.4 Å². The first-order valence-corrected chi connectivity index (χ1v) is 12.4. The smallest absolute Gasteiger partial charge is 0.855 e. The predicted octanol–water partition coefficient (Wildman–Crippen LogP) is 0.363. The molecule has 4 N–H and O–H groups in total. The third-order valence-corrected chi connectivity index (χ3v) is 5.45. The van der Waals surface area contributed by atoms with Gasteiger partial charge in [-0.25, -0.2) is 0 Å². The van der Waals surface area contributed by atoms with Crippen LogP contribution in [0, 0.1) is 0 Å². The van der Waals surface area contributed by atoms with E-state index in [0.717, 1.165) is 6.41 Å². The fourth-order valence-electron chi connectivity index (χ4n) is 3.49. The van der Waals surface area contributed by atoms with Crippen LogP contribution in [0.25, 0.3) is 0 Å². The fourth-order valence-corrected chi connectivity index (χ4v) is 3.49. The molecule has 1 radical (unpaired) electrons. The molecule has 0 spiro atoms. The van der Waals surface area contributed by atoms with Crippen LogP contribution in [-0.4, -0.2) is 65.9 Å². The molecule has 6 rings (SSSR count). The summed E-state index contributed by atoms with van der Waals surface area (Å²) in [6.45, 7) is 0. The van der Waals surface area contributed by atoms with Gasteiger partial charge in [0.25, 0.3) is 11.8 Å². The molecular weight excluding hydrogens is 629 g/mol. The number of anilines is 2. The van der Waals surface area contributed by atoms with Crippen LogP contribution in [0.15, 0.2) is 115 Å². The molecule has 2 aliphatic heterocycles. The Morgan fingerprint density at radius 1 is 0.711 bits per heavy atom. The van der Waals surface area contributed by atoms with Crippen LogP contribution in [0.5, 0.6) is 0 Å². The number of nitrogens with one attached hydrogen (secondary N) is 2. The number of hydrogen-bond acceptors (Lipinski definition) is 11. The molecule has 4 aromatic rings. The van der Waals surface area contributed by atoms with E-state index in [-0.39, 0.29) is 57.3 Å². The van der Waals surface area contributed by atoms with Crippen molar-refractivity contribution in [1.82, 2.24) is 4.90 Å². The van der Waals surface area contributed by atoms with E-state index in [9.17, 15) is 24.6 Å². The van der Waals surface area contributed by atoms with E-state index in [1.807, 2.05) is 0 Å². The van der Waals surface area contributed by atoms with E-state index in [2.05, 4.69) is 31.0 Å². The van der Waals surface area contributed by atoms with E-state index < -0.39 is 11.8 Å². The first-order chi connectivity index (χ1) is 20.8. The van der Waals surface area contributed by atoms with Crippen molar-refractivity contribution in [2.45, 2.75) is 0 Å². The van der Waals surface area contributed by atoms with Crippen LogP contribution in [0.1, 0.15) is 22.6 Å². The topological polar surface area (TPSA) is 232 Å². The van der Waals surface area contributed by atoms with Gasteiger partial charge in [-0.15, -0.1) is 10.2 Å². The van der Waals surface area contributed by atoms with Gasteiger partial charge in [-0.2, -0.15) is 10.2 Å². The van der Waals surface area contributed by atoms with Crippen molar-refractivity contribution < 1.29 is 56.0 Å². The third-order valence-electron chi connectivity index (χ3n) is 5.45. The SMILES string of the molecule is CN(C)C=O.O.O=C1Nc2ccccc2/C1=N\N=C(/[O-])c1ccco1.O=C1Nc2ccccc2/C1=N\N=C(/[O-])c1ccco1.[Mn+2]. The second kappa shape index (κ2) is 16.7. The zero-order chi connectivity index (χ0) is 30.8. The molecule has 2 aromatic carbocycles. The van der Waals surface area contributed by atoms with Gasteiger partial charge in [0, 0.05) is 25.2 Å².